The van der Waals surface area contributed by atoms with Crippen molar-refractivity contribution in [2.45, 2.75) is 26.7 Å². The molecule has 1 N–H and O–H groups in total. The minimum absolute atomic E-state index is 0.175. The Hall–Kier alpha value is -3.21. The number of fused-ring (bicyclic) bond motifs is 1. The van der Waals surface area contributed by atoms with E-state index in [1.165, 1.54) is 4.90 Å². The number of anilines is 2. The maximum absolute atomic E-state index is 12.8. The third kappa shape index (κ3) is 3.13. The highest BCUT2D eigenvalue weighted by Gasteiger charge is 2.47. The van der Waals surface area contributed by atoms with Crippen LogP contribution in [0.15, 0.2) is 54.6 Å². The summed E-state index contributed by atoms with van der Waals surface area (Å²) < 4.78 is 0. The number of carbonyl (C=O) groups is 3. The zero-order chi connectivity index (χ0) is 19.8. The second-order valence-electron chi connectivity index (χ2n) is 7.47. The third-order valence-corrected chi connectivity index (χ3v) is 5.64. The van der Waals surface area contributed by atoms with Crippen molar-refractivity contribution in [3.05, 3.63) is 71.3 Å². The summed E-state index contributed by atoms with van der Waals surface area (Å²) in [7, 11) is 0. The van der Waals surface area contributed by atoms with Crippen LogP contribution in [0.25, 0.3) is 0 Å². The average Bonchev–Trinajstić information content (AvgIpc) is 2.96. The molecule has 1 fully saturated rings. The Bertz CT molecular complexity index is 983. The minimum atomic E-state index is -0.287. The van der Waals surface area contributed by atoms with Crippen LogP contribution in [0.1, 0.15) is 34.3 Å². The fourth-order valence-corrected chi connectivity index (χ4v) is 3.86. The lowest BCUT2D eigenvalue weighted by atomic mass is 9.85. The number of carbonyl (C=O) groups excluding carboxylic acids is 3. The monoisotopic (exact) mass is 374 g/mol. The van der Waals surface area contributed by atoms with Gasteiger partial charge in [0, 0.05) is 11.3 Å². The number of rotatable bonds is 3. The van der Waals surface area contributed by atoms with Gasteiger partial charge in [-0.15, -0.1) is 0 Å². The van der Waals surface area contributed by atoms with Crippen molar-refractivity contribution in [2.24, 2.45) is 11.8 Å². The number of imide groups is 1. The van der Waals surface area contributed by atoms with Crippen molar-refractivity contribution >= 4 is 29.1 Å². The van der Waals surface area contributed by atoms with Crippen LogP contribution in [0, 0.1) is 25.7 Å². The standard InChI is InChI=1S/C23H22N2O3/c1-14-10-11-17(12-15(14)2)24-21(26)16-6-5-7-18(13-16)25-22(27)19-8-3-4-9-20(19)23(25)28/h3-7,10-13,19-20H,8-9H2,1-2H3,(H,24,26)/t19-,20+. The van der Waals surface area contributed by atoms with Gasteiger partial charge in [-0.25, -0.2) is 0 Å². The van der Waals surface area contributed by atoms with E-state index in [9.17, 15) is 14.4 Å². The molecule has 0 radical (unpaired) electrons. The molecule has 0 bridgehead atoms. The number of nitrogens with zero attached hydrogens (tertiary/aromatic N) is 1. The SMILES string of the molecule is Cc1ccc(NC(=O)c2cccc(N3C(=O)[C@H]4CC=CC[C@H]4C3=O)c2)cc1C. The second-order valence-corrected chi connectivity index (χ2v) is 7.47. The number of amides is 3. The summed E-state index contributed by atoms with van der Waals surface area (Å²) in [4.78, 5) is 39.5. The van der Waals surface area contributed by atoms with E-state index in [2.05, 4.69) is 5.32 Å². The number of nitrogens with one attached hydrogen (secondary N) is 1. The molecule has 2 aromatic carbocycles. The molecular weight excluding hydrogens is 352 g/mol. The van der Waals surface area contributed by atoms with E-state index in [-0.39, 0.29) is 29.6 Å². The molecule has 0 saturated carbocycles. The van der Waals surface area contributed by atoms with E-state index in [1.807, 2.05) is 44.2 Å². The van der Waals surface area contributed by atoms with Crippen LogP contribution in [-0.4, -0.2) is 17.7 Å². The largest absolute Gasteiger partial charge is 0.322 e. The quantitative estimate of drug-likeness (QED) is 0.652. The molecule has 4 rings (SSSR count). The van der Waals surface area contributed by atoms with Gasteiger partial charge in [0.05, 0.1) is 17.5 Å². The van der Waals surface area contributed by atoms with Crippen molar-refractivity contribution < 1.29 is 14.4 Å². The molecule has 28 heavy (non-hydrogen) atoms. The molecule has 1 saturated heterocycles. The zero-order valence-electron chi connectivity index (χ0n) is 15.9. The Balaban J connectivity index is 1.57. The molecule has 0 unspecified atom stereocenters. The Labute approximate surface area is 164 Å². The highest BCUT2D eigenvalue weighted by molar-refractivity contribution is 6.22. The predicted molar refractivity (Wildman–Crippen MR) is 108 cm³/mol. The molecular formula is C23H22N2O3. The smallest absolute Gasteiger partial charge is 0.255 e. The Morgan fingerprint density at radius 1 is 0.929 bits per heavy atom. The molecule has 0 spiro atoms. The maximum atomic E-state index is 12.8. The molecule has 5 nitrogen and oxygen atoms in total. The summed E-state index contributed by atoms with van der Waals surface area (Å²) in [6.45, 7) is 4.01. The lowest BCUT2D eigenvalue weighted by molar-refractivity contribution is -0.122. The van der Waals surface area contributed by atoms with E-state index >= 15 is 0 Å². The maximum Gasteiger partial charge on any atom is 0.255 e. The lowest BCUT2D eigenvalue weighted by Gasteiger charge is -2.16. The first-order chi connectivity index (χ1) is 13.5. The molecule has 142 valence electrons. The van der Waals surface area contributed by atoms with Gasteiger partial charge in [0.2, 0.25) is 11.8 Å². The molecule has 5 heteroatoms. The van der Waals surface area contributed by atoms with E-state index < -0.39 is 0 Å². The Morgan fingerprint density at radius 3 is 2.25 bits per heavy atom. The number of hydrogen-bond acceptors (Lipinski definition) is 3. The number of hydrogen-bond donors (Lipinski definition) is 1. The van der Waals surface area contributed by atoms with Gasteiger partial charge in [0.15, 0.2) is 0 Å². The lowest BCUT2D eigenvalue weighted by Crippen LogP contribution is -2.31. The molecule has 1 aliphatic carbocycles. The number of benzene rings is 2. The third-order valence-electron chi connectivity index (χ3n) is 5.64. The molecule has 2 aromatic rings. The highest BCUT2D eigenvalue weighted by Crippen LogP contribution is 2.37. The van der Waals surface area contributed by atoms with Gasteiger partial charge in [-0.3, -0.25) is 19.3 Å². The fraction of sp³-hybridized carbons (Fsp3) is 0.261. The minimum Gasteiger partial charge on any atom is -0.322 e. The van der Waals surface area contributed by atoms with Gasteiger partial charge < -0.3 is 5.32 Å². The van der Waals surface area contributed by atoms with Crippen LogP contribution in [-0.2, 0) is 9.59 Å². The summed E-state index contributed by atoms with van der Waals surface area (Å²) in [5, 5.41) is 2.88. The number of aryl methyl sites for hydroxylation is 2. The normalized spacial score (nSPS) is 21.0. The van der Waals surface area contributed by atoms with E-state index in [0.29, 0.717) is 29.8 Å². The van der Waals surface area contributed by atoms with E-state index in [1.54, 1.807) is 24.3 Å². The summed E-state index contributed by atoms with van der Waals surface area (Å²) in [6.07, 6.45) is 5.12. The molecule has 1 heterocycles. The van der Waals surface area contributed by atoms with Crippen molar-refractivity contribution in [1.82, 2.24) is 0 Å². The van der Waals surface area contributed by atoms with Crippen molar-refractivity contribution in [3.8, 4) is 0 Å². The Morgan fingerprint density at radius 2 is 1.61 bits per heavy atom. The summed E-state index contributed by atoms with van der Waals surface area (Å²) in [5.74, 6) is -1.20. The number of allylic oxidation sites excluding steroid dienone is 2. The topological polar surface area (TPSA) is 66.5 Å². The van der Waals surface area contributed by atoms with Gasteiger partial charge in [-0.05, 0) is 68.1 Å². The summed E-state index contributed by atoms with van der Waals surface area (Å²) >= 11 is 0. The fourth-order valence-electron chi connectivity index (χ4n) is 3.86. The van der Waals surface area contributed by atoms with Gasteiger partial charge in [-0.1, -0.05) is 24.3 Å². The summed E-state index contributed by atoms with van der Waals surface area (Å²) in [6, 6.07) is 12.4. The van der Waals surface area contributed by atoms with Gasteiger partial charge >= 0.3 is 0 Å². The van der Waals surface area contributed by atoms with Crippen molar-refractivity contribution in [3.63, 3.8) is 0 Å². The predicted octanol–water partition coefficient (Wildman–Crippen LogP) is 4.01. The van der Waals surface area contributed by atoms with Crippen LogP contribution in [0.4, 0.5) is 11.4 Å². The zero-order valence-corrected chi connectivity index (χ0v) is 15.9. The first-order valence-electron chi connectivity index (χ1n) is 9.47. The van der Waals surface area contributed by atoms with Gasteiger partial charge in [-0.2, -0.15) is 0 Å². The van der Waals surface area contributed by atoms with Crippen LogP contribution < -0.4 is 10.2 Å². The van der Waals surface area contributed by atoms with E-state index in [4.69, 9.17) is 0 Å². The van der Waals surface area contributed by atoms with Gasteiger partial charge in [0.25, 0.3) is 5.91 Å². The second kappa shape index (κ2) is 7.08. The van der Waals surface area contributed by atoms with Gasteiger partial charge in [0.1, 0.15) is 0 Å². The average molecular weight is 374 g/mol. The van der Waals surface area contributed by atoms with Crippen LogP contribution in [0.5, 0.6) is 0 Å². The molecule has 2 atom stereocenters. The molecule has 2 aliphatic rings. The molecule has 1 aliphatic heterocycles. The Kier molecular flexibility index (Phi) is 4.59. The van der Waals surface area contributed by atoms with Crippen LogP contribution >= 0.6 is 0 Å². The van der Waals surface area contributed by atoms with Crippen LogP contribution in [0.2, 0.25) is 0 Å². The molecule has 3 amide bonds. The first-order valence-corrected chi connectivity index (χ1v) is 9.47. The summed E-state index contributed by atoms with van der Waals surface area (Å²) in [5.41, 5.74) is 3.82. The first kappa shape index (κ1) is 18.2. The van der Waals surface area contributed by atoms with E-state index in [0.717, 1.165) is 11.1 Å². The van der Waals surface area contributed by atoms with Crippen molar-refractivity contribution in [1.29, 1.82) is 0 Å². The van der Waals surface area contributed by atoms with Crippen LogP contribution in [0.3, 0.4) is 0 Å². The molecule has 0 aromatic heterocycles. The van der Waals surface area contributed by atoms with Crippen molar-refractivity contribution in [2.75, 3.05) is 10.2 Å². The highest BCUT2D eigenvalue weighted by atomic mass is 16.2.